The third-order valence-corrected chi connectivity index (χ3v) is 3.09. The van der Waals surface area contributed by atoms with Crippen molar-refractivity contribution in [2.45, 2.75) is 31.3 Å². The third-order valence-electron chi connectivity index (χ3n) is 3.09. The molecule has 2 aliphatic rings. The quantitative estimate of drug-likeness (QED) is 0.583. The second-order valence-corrected chi connectivity index (χ2v) is 4.39. The fourth-order valence-electron chi connectivity index (χ4n) is 2.05. The van der Waals surface area contributed by atoms with Crippen LogP contribution in [0.5, 0.6) is 0 Å². The zero-order valence-electron chi connectivity index (χ0n) is 8.57. The number of amides is 1. The number of aliphatic hydroxyl groups is 1. The van der Waals surface area contributed by atoms with Crippen LogP contribution in [-0.4, -0.2) is 39.9 Å². The fraction of sp³-hybridized carbons (Fsp3) is 0.727. The minimum atomic E-state index is -0.882. The molecule has 82 valence electrons. The number of carboxylic acid groups (broad SMARTS) is 1. The molecule has 1 amide bonds. The molecular weight excluding hydrogens is 194 g/mol. The summed E-state index contributed by atoms with van der Waals surface area (Å²) in [7, 11) is 0. The van der Waals surface area contributed by atoms with Crippen LogP contribution in [0.3, 0.4) is 0 Å². The van der Waals surface area contributed by atoms with Gasteiger partial charge in [-0.25, -0.2) is 4.79 Å². The van der Waals surface area contributed by atoms with Crippen molar-refractivity contribution in [3.63, 3.8) is 0 Å². The van der Waals surface area contributed by atoms with Crippen LogP contribution in [0, 0.1) is 17.8 Å². The van der Waals surface area contributed by atoms with Gasteiger partial charge in [-0.15, -0.1) is 0 Å². The van der Waals surface area contributed by atoms with E-state index in [2.05, 4.69) is 11.8 Å². The van der Waals surface area contributed by atoms with Crippen LogP contribution < -0.4 is 0 Å². The van der Waals surface area contributed by atoms with E-state index in [9.17, 15) is 9.90 Å². The van der Waals surface area contributed by atoms with E-state index >= 15 is 0 Å². The van der Waals surface area contributed by atoms with Gasteiger partial charge >= 0.3 is 6.09 Å². The molecule has 15 heavy (non-hydrogen) atoms. The van der Waals surface area contributed by atoms with E-state index in [-0.39, 0.29) is 5.92 Å². The topological polar surface area (TPSA) is 60.8 Å². The molecule has 0 radical (unpaired) electrons. The summed E-state index contributed by atoms with van der Waals surface area (Å²) >= 11 is 0. The second kappa shape index (κ2) is 3.74. The lowest BCUT2D eigenvalue weighted by Crippen LogP contribution is -2.48. The lowest BCUT2D eigenvalue weighted by molar-refractivity contribution is 0.0977. The van der Waals surface area contributed by atoms with E-state index in [0.717, 1.165) is 25.7 Å². The Kier molecular flexibility index (Phi) is 2.57. The summed E-state index contributed by atoms with van der Waals surface area (Å²) in [6, 6.07) is 0. The number of hydrogen-bond donors (Lipinski definition) is 2. The summed E-state index contributed by atoms with van der Waals surface area (Å²) in [6.07, 6.45) is 2.71. The molecule has 1 saturated heterocycles. The molecule has 2 fully saturated rings. The smallest absolute Gasteiger partial charge is 0.407 e. The largest absolute Gasteiger partial charge is 0.465 e. The third kappa shape index (κ3) is 2.24. The van der Waals surface area contributed by atoms with Gasteiger partial charge in [-0.2, -0.15) is 0 Å². The molecular formula is C11H15NO3. The molecule has 1 heterocycles. The molecule has 0 aromatic carbocycles. The predicted molar refractivity (Wildman–Crippen MR) is 54.3 cm³/mol. The maximum absolute atomic E-state index is 10.5. The zero-order valence-corrected chi connectivity index (χ0v) is 8.57. The summed E-state index contributed by atoms with van der Waals surface area (Å²) in [5.74, 6) is 6.00. The van der Waals surface area contributed by atoms with Crippen LogP contribution in [0.15, 0.2) is 0 Å². The van der Waals surface area contributed by atoms with E-state index in [0.29, 0.717) is 13.1 Å². The summed E-state index contributed by atoms with van der Waals surface area (Å²) in [5, 5.41) is 18.5. The van der Waals surface area contributed by atoms with Crippen LogP contribution in [0.2, 0.25) is 0 Å². The number of likely N-dealkylation sites (tertiary alicyclic amines) is 1. The highest BCUT2D eigenvalue weighted by molar-refractivity contribution is 5.66. The Morgan fingerprint density at radius 3 is 2.47 bits per heavy atom. The molecule has 4 nitrogen and oxygen atoms in total. The first-order valence-corrected chi connectivity index (χ1v) is 5.32. The number of hydrogen-bond acceptors (Lipinski definition) is 2. The van der Waals surface area contributed by atoms with Crippen molar-refractivity contribution in [1.29, 1.82) is 0 Å². The molecule has 4 heteroatoms. The van der Waals surface area contributed by atoms with Gasteiger partial charge in [0.05, 0.1) is 5.92 Å². The molecule has 0 aromatic heterocycles. The molecule has 1 saturated carbocycles. The Labute approximate surface area is 88.9 Å². The Morgan fingerprint density at radius 1 is 1.33 bits per heavy atom. The van der Waals surface area contributed by atoms with Gasteiger partial charge in [0.15, 0.2) is 0 Å². The second-order valence-electron chi connectivity index (χ2n) is 4.39. The van der Waals surface area contributed by atoms with Gasteiger partial charge in [0.2, 0.25) is 0 Å². The average Bonchev–Trinajstić information content (AvgIpc) is 2.49. The molecule has 0 unspecified atom stereocenters. The predicted octanol–water partition coefficient (Wildman–Crippen LogP) is 0.905. The first kappa shape index (κ1) is 10.3. The lowest BCUT2D eigenvalue weighted by atomic mass is 9.97. The van der Waals surface area contributed by atoms with E-state index in [1.54, 1.807) is 0 Å². The highest BCUT2D eigenvalue weighted by atomic mass is 16.4. The van der Waals surface area contributed by atoms with E-state index in [1.165, 1.54) is 4.90 Å². The monoisotopic (exact) mass is 209 g/mol. The van der Waals surface area contributed by atoms with Crippen molar-refractivity contribution in [1.82, 2.24) is 4.90 Å². The Morgan fingerprint density at radius 2 is 1.93 bits per heavy atom. The molecule has 2 rings (SSSR count). The van der Waals surface area contributed by atoms with E-state index in [4.69, 9.17) is 5.11 Å². The molecule has 1 aliphatic carbocycles. The highest BCUT2D eigenvalue weighted by Gasteiger charge is 2.31. The van der Waals surface area contributed by atoms with Gasteiger partial charge in [-0.05, 0) is 25.7 Å². The maximum Gasteiger partial charge on any atom is 0.407 e. The molecule has 2 N–H and O–H groups in total. The van der Waals surface area contributed by atoms with Crippen LogP contribution in [0.4, 0.5) is 4.79 Å². The van der Waals surface area contributed by atoms with Crippen LogP contribution in [0.1, 0.15) is 25.7 Å². The van der Waals surface area contributed by atoms with E-state index < -0.39 is 11.7 Å². The maximum atomic E-state index is 10.5. The summed E-state index contributed by atoms with van der Waals surface area (Å²) in [4.78, 5) is 11.8. The highest BCUT2D eigenvalue weighted by Crippen LogP contribution is 2.28. The van der Waals surface area contributed by atoms with Gasteiger partial charge in [-0.3, -0.25) is 0 Å². The number of nitrogens with zero attached hydrogens (tertiary/aromatic N) is 1. The zero-order chi connectivity index (χ0) is 10.9. The van der Waals surface area contributed by atoms with Crippen molar-refractivity contribution < 1.29 is 15.0 Å². The standard InChI is InChI=1S/C11H15NO3/c13-10(14)12-7-9(8-12)3-6-11(15)4-1-2-5-11/h9,15H,1-2,4-5,7-8H2,(H,13,14). The van der Waals surface area contributed by atoms with Crippen molar-refractivity contribution >= 4 is 6.09 Å². The normalized spacial score (nSPS) is 24.2. The minimum absolute atomic E-state index is 0.116. The first-order chi connectivity index (χ1) is 7.09. The van der Waals surface area contributed by atoms with Crippen LogP contribution in [0.25, 0.3) is 0 Å². The Bertz CT molecular complexity index is 316. The molecule has 0 bridgehead atoms. The van der Waals surface area contributed by atoms with Gasteiger partial charge in [0.1, 0.15) is 5.60 Å². The van der Waals surface area contributed by atoms with Gasteiger partial charge in [0.25, 0.3) is 0 Å². The van der Waals surface area contributed by atoms with Crippen LogP contribution in [-0.2, 0) is 0 Å². The minimum Gasteiger partial charge on any atom is -0.465 e. The van der Waals surface area contributed by atoms with Gasteiger partial charge in [0, 0.05) is 13.1 Å². The summed E-state index contributed by atoms with van der Waals surface area (Å²) in [6.45, 7) is 0.969. The SMILES string of the molecule is O=C(O)N1CC(C#CC2(O)CCCC2)C1. The Hall–Kier alpha value is -1.21. The van der Waals surface area contributed by atoms with Crippen molar-refractivity contribution in [2.24, 2.45) is 5.92 Å². The summed E-state index contributed by atoms with van der Waals surface area (Å²) in [5.41, 5.74) is -0.788. The summed E-state index contributed by atoms with van der Waals surface area (Å²) < 4.78 is 0. The molecule has 1 aliphatic heterocycles. The van der Waals surface area contributed by atoms with Crippen molar-refractivity contribution in [3.05, 3.63) is 0 Å². The first-order valence-electron chi connectivity index (χ1n) is 5.32. The van der Waals surface area contributed by atoms with Crippen LogP contribution >= 0.6 is 0 Å². The van der Waals surface area contributed by atoms with Crippen molar-refractivity contribution in [3.8, 4) is 11.8 Å². The molecule has 0 atom stereocenters. The lowest BCUT2D eigenvalue weighted by Gasteiger charge is -2.33. The number of rotatable bonds is 0. The number of carbonyl (C=O) groups is 1. The van der Waals surface area contributed by atoms with E-state index in [1.807, 2.05) is 0 Å². The molecule has 0 aromatic rings. The Balaban J connectivity index is 1.84. The average molecular weight is 209 g/mol. The van der Waals surface area contributed by atoms with Crippen molar-refractivity contribution in [2.75, 3.05) is 13.1 Å². The van der Waals surface area contributed by atoms with Gasteiger partial charge in [-0.1, -0.05) is 11.8 Å². The molecule has 0 spiro atoms. The van der Waals surface area contributed by atoms with Gasteiger partial charge < -0.3 is 15.1 Å². The fourth-order valence-corrected chi connectivity index (χ4v) is 2.05.